The number of carbonyl (C=O) groups excluding carboxylic acids is 1. The summed E-state index contributed by atoms with van der Waals surface area (Å²) < 4.78 is 0. The Morgan fingerprint density at radius 1 is 1.55 bits per heavy atom. The lowest BCUT2D eigenvalue weighted by Crippen LogP contribution is -2.15. The Hall–Kier alpha value is -1.94. The summed E-state index contributed by atoms with van der Waals surface area (Å²) in [7, 11) is 0. The van der Waals surface area contributed by atoms with Crippen LogP contribution in [0.15, 0.2) is 16.0 Å². The molecule has 0 aliphatic carbocycles. The van der Waals surface area contributed by atoms with Gasteiger partial charge in [0.15, 0.2) is 5.16 Å². The van der Waals surface area contributed by atoms with Crippen molar-refractivity contribution >= 4 is 34.1 Å². The zero-order chi connectivity index (χ0) is 14.5. The van der Waals surface area contributed by atoms with Crippen LogP contribution in [0.4, 0.5) is 5.13 Å². The molecule has 8 nitrogen and oxygen atoms in total. The predicted molar refractivity (Wildman–Crippen MR) is 75.2 cm³/mol. The number of aromatic amines is 1. The number of aromatic hydroxyl groups is 1. The van der Waals surface area contributed by atoms with E-state index in [2.05, 4.69) is 25.5 Å². The predicted octanol–water partition coefficient (Wildman–Crippen LogP) is 0.620. The average Bonchev–Trinajstić information content (AvgIpc) is 2.83. The van der Waals surface area contributed by atoms with Gasteiger partial charge >= 0.3 is 0 Å². The number of aryl methyl sites for hydroxylation is 1. The van der Waals surface area contributed by atoms with Crippen LogP contribution in [0, 0.1) is 0 Å². The highest BCUT2D eigenvalue weighted by atomic mass is 32.2. The maximum atomic E-state index is 11.7. The summed E-state index contributed by atoms with van der Waals surface area (Å²) in [5.41, 5.74) is -0.475. The first-order valence-electron chi connectivity index (χ1n) is 5.62. The van der Waals surface area contributed by atoms with Crippen LogP contribution in [-0.2, 0) is 11.2 Å². The normalized spacial score (nSPS) is 10.4. The smallest absolute Gasteiger partial charge is 0.255 e. The summed E-state index contributed by atoms with van der Waals surface area (Å²) in [6.45, 7) is 1.95. The van der Waals surface area contributed by atoms with Gasteiger partial charge in [0.1, 0.15) is 5.01 Å². The number of nitrogens with zero attached hydrogens (tertiary/aromatic N) is 3. The highest BCUT2D eigenvalue weighted by molar-refractivity contribution is 7.99. The Labute approximate surface area is 121 Å². The summed E-state index contributed by atoms with van der Waals surface area (Å²) in [6, 6.07) is 0.956. The topological polar surface area (TPSA) is 121 Å². The van der Waals surface area contributed by atoms with Gasteiger partial charge in [-0.3, -0.25) is 14.9 Å². The third kappa shape index (κ3) is 4.03. The second-order valence-corrected chi connectivity index (χ2v) is 5.63. The monoisotopic (exact) mass is 313 g/mol. The summed E-state index contributed by atoms with van der Waals surface area (Å²) in [6.07, 6.45) is 0.761. The molecule has 106 valence electrons. The molecule has 0 radical (unpaired) electrons. The first kappa shape index (κ1) is 14.5. The van der Waals surface area contributed by atoms with E-state index in [0.717, 1.165) is 29.3 Å². The van der Waals surface area contributed by atoms with Crippen molar-refractivity contribution in [3.63, 3.8) is 0 Å². The number of hydrogen-bond acceptors (Lipinski definition) is 8. The van der Waals surface area contributed by atoms with E-state index in [9.17, 15) is 9.59 Å². The highest BCUT2D eigenvalue weighted by Crippen LogP contribution is 2.17. The third-order valence-corrected chi connectivity index (χ3v) is 3.92. The number of thioether (sulfide) groups is 1. The van der Waals surface area contributed by atoms with Crippen LogP contribution in [0.2, 0.25) is 0 Å². The van der Waals surface area contributed by atoms with E-state index < -0.39 is 5.56 Å². The van der Waals surface area contributed by atoms with Gasteiger partial charge in [-0.05, 0) is 6.42 Å². The molecular weight excluding hydrogens is 302 g/mol. The standard InChI is InChI=1S/C10H11N5O3S2/c1-2-8-14-15-10(20-8)13-7(18)4-19-9-11-5(16)3-6(17)12-9/h3H,2,4H2,1H3,(H,13,15,18)(H2,11,12,16,17). The number of rotatable bonds is 5. The lowest BCUT2D eigenvalue weighted by Gasteiger charge is -2.01. The number of hydrogen-bond donors (Lipinski definition) is 3. The number of anilines is 1. The number of carbonyl (C=O) groups is 1. The fourth-order valence-corrected chi connectivity index (χ4v) is 2.59. The number of H-pyrrole nitrogens is 1. The second kappa shape index (κ2) is 6.48. The molecule has 2 aromatic heterocycles. The van der Waals surface area contributed by atoms with Gasteiger partial charge in [-0.2, -0.15) is 4.98 Å². The maximum Gasteiger partial charge on any atom is 0.255 e. The minimum atomic E-state index is -0.475. The van der Waals surface area contributed by atoms with Gasteiger partial charge in [-0.1, -0.05) is 30.0 Å². The Balaban J connectivity index is 1.90. The average molecular weight is 313 g/mol. The van der Waals surface area contributed by atoms with Crippen LogP contribution in [0.25, 0.3) is 0 Å². The number of amides is 1. The quantitative estimate of drug-likeness (QED) is 0.546. The van der Waals surface area contributed by atoms with E-state index in [-0.39, 0.29) is 22.7 Å². The molecule has 0 unspecified atom stereocenters. The molecule has 0 bridgehead atoms. The summed E-state index contributed by atoms with van der Waals surface area (Å²) >= 11 is 2.32. The molecule has 0 aromatic carbocycles. The third-order valence-electron chi connectivity index (χ3n) is 2.06. The first-order valence-corrected chi connectivity index (χ1v) is 7.42. The van der Waals surface area contributed by atoms with E-state index in [1.165, 1.54) is 11.3 Å². The molecule has 3 N–H and O–H groups in total. The maximum absolute atomic E-state index is 11.7. The van der Waals surface area contributed by atoms with E-state index in [0.29, 0.717) is 5.13 Å². The van der Waals surface area contributed by atoms with Crippen LogP contribution >= 0.6 is 23.1 Å². The van der Waals surface area contributed by atoms with Crippen LogP contribution in [0.3, 0.4) is 0 Å². The van der Waals surface area contributed by atoms with Crippen molar-refractivity contribution in [1.29, 1.82) is 0 Å². The lowest BCUT2D eigenvalue weighted by molar-refractivity contribution is -0.113. The van der Waals surface area contributed by atoms with Crippen molar-refractivity contribution in [3.8, 4) is 5.88 Å². The molecule has 10 heteroatoms. The summed E-state index contributed by atoms with van der Waals surface area (Å²) in [5, 5.41) is 20.9. The van der Waals surface area contributed by atoms with Crippen LogP contribution < -0.4 is 10.9 Å². The number of aromatic nitrogens is 4. The molecule has 0 fully saturated rings. The minimum absolute atomic E-state index is 0.0352. The van der Waals surface area contributed by atoms with Crippen molar-refractivity contribution < 1.29 is 9.90 Å². The van der Waals surface area contributed by atoms with E-state index >= 15 is 0 Å². The fraction of sp³-hybridized carbons (Fsp3) is 0.300. The fourth-order valence-electron chi connectivity index (χ4n) is 1.23. The van der Waals surface area contributed by atoms with E-state index in [4.69, 9.17) is 5.11 Å². The minimum Gasteiger partial charge on any atom is -0.493 e. The first-order chi connectivity index (χ1) is 9.56. The zero-order valence-electron chi connectivity index (χ0n) is 10.4. The van der Waals surface area contributed by atoms with Crippen molar-refractivity contribution in [3.05, 3.63) is 21.4 Å². The van der Waals surface area contributed by atoms with Gasteiger partial charge in [0, 0.05) is 0 Å². The van der Waals surface area contributed by atoms with Crippen molar-refractivity contribution in [2.24, 2.45) is 0 Å². The molecule has 0 atom stereocenters. The molecule has 20 heavy (non-hydrogen) atoms. The van der Waals surface area contributed by atoms with Gasteiger partial charge < -0.3 is 10.1 Å². The number of nitrogens with one attached hydrogen (secondary N) is 2. The van der Waals surface area contributed by atoms with Crippen LogP contribution in [-0.4, -0.2) is 36.9 Å². The van der Waals surface area contributed by atoms with Gasteiger partial charge in [0.2, 0.25) is 16.9 Å². The summed E-state index contributed by atoms with van der Waals surface area (Å²) in [5.74, 6) is -0.638. The molecule has 0 spiro atoms. The molecule has 0 aliphatic rings. The molecule has 2 aromatic rings. The second-order valence-electron chi connectivity index (χ2n) is 3.60. The van der Waals surface area contributed by atoms with Crippen molar-refractivity contribution in [2.75, 3.05) is 11.1 Å². The van der Waals surface area contributed by atoms with Gasteiger partial charge in [-0.25, -0.2) is 0 Å². The molecule has 0 saturated carbocycles. The van der Waals surface area contributed by atoms with E-state index in [1.807, 2.05) is 6.92 Å². The Morgan fingerprint density at radius 2 is 2.35 bits per heavy atom. The SMILES string of the molecule is CCc1nnc(NC(=O)CSc2nc(O)cc(=O)[nH]2)s1. The Kier molecular flexibility index (Phi) is 4.69. The molecular formula is C10H11N5O3S2. The lowest BCUT2D eigenvalue weighted by atomic mass is 10.5. The molecule has 2 heterocycles. The summed E-state index contributed by atoms with van der Waals surface area (Å²) in [4.78, 5) is 28.9. The molecule has 2 rings (SSSR count). The van der Waals surface area contributed by atoms with Gasteiger partial charge in [-0.15, -0.1) is 10.2 Å². The van der Waals surface area contributed by atoms with Crippen molar-refractivity contribution in [1.82, 2.24) is 20.2 Å². The zero-order valence-corrected chi connectivity index (χ0v) is 12.0. The van der Waals surface area contributed by atoms with E-state index in [1.54, 1.807) is 0 Å². The highest BCUT2D eigenvalue weighted by Gasteiger charge is 2.09. The molecule has 1 amide bonds. The van der Waals surface area contributed by atoms with Crippen LogP contribution in [0.1, 0.15) is 11.9 Å². The Morgan fingerprint density at radius 3 is 3.00 bits per heavy atom. The Bertz CT molecular complexity index is 669. The molecule has 0 aliphatic heterocycles. The van der Waals surface area contributed by atoms with Crippen LogP contribution in [0.5, 0.6) is 5.88 Å². The molecule has 0 saturated heterocycles. The van der Waals surface area contributed by atoms with Crippen molar-refractivity contribution in [2.45, 2.75) is 18.5 Å². The van der Waals surface area contributed by atoms with Gasteiger partial charge in [0.25, 0.3) is 5.56 Å². The van der Waals surface area contributed by atoms with Gasteiger partial charge in [0.05, 0.1) is 11.8 Å². The largest absolute Gasteiger partial charge is 0.493 e.